The first-order valence-corrected chi connectivity index (χ1v) is 5.12. The van der Waals surface area contributed by atoms with Crippen LogP contribution in [0.5, 0.6) is 0 Å². The van der Waals surface area contributed by atoms with E-state index in [1.807, 2.05) is 0 Å². The van der Waals surface area contributed by atoms with Gasteiger partial charge in [0.15, 0.2) is 5.69 Å². The molecule has 0 unspecified atom stereocenters. The summed E-state index contributed by atoms with van der Waals surface area (Å²) in [5.74, 6) is 0. The molecule has 0 N–H and O–H groups in total. The molecule has 0 fully saturated rings. The fourth-order valence-electron chi connectivity index (χ4n) is 1.51. The van der Waals surface area contributed by atoms with Crippen LogP contribution in [0.2, 0.25) is 5.02 Å². The second-order valence-corrected chi connectivity index (χ2v) is 3.84. The Morgan fingerprint density at radius 2 is 2.06 bits per heavy atom. The highest BCUT2D eigenvalue weighted by Gasteiger charge is 2.38. The van der Waals surface area contributed by atoms with Gasteiger partial charge < -0.3 is 0 Å². The van der Waals surface area contributed by atoms with Crippen molar-refractivity contribution in [3.63, 3.8) is 0 Å². The van der Waals surface area contributed by atoms with E-state index < -0.39 is 17.4 Å². The summed E-state index contributed by atoms with van der Waals surface area (Å²) in [6.07, 6.45) is -3.78. The van der Waals surface area contributed by atoms with Gasteiger partial charge in [0.25, 0.3) is 0 Å². The Balaban J connectivity index is 2.67. The number of aromatic nitrogens is 2. The third-order valence-electron chi connectivity index (χ3n) is 2.21. The summed E-state index contributed by atoms with van der Waals surface area (Å²) in [5.41, 5.74) is -1.48. The molecule has 0 aliphatic heterocycles. The molecule has 0 radical (unpaired) electrons. The van der Waals surface area contributed by atoms with Crippen molar-refractivity contribution in [2.45, 2.75) is 6.18 Å². The van der Waals surface area contributed by atoms with Gasteiger partial charge in [0.1, 0.15) is 11.6 Å². The highest BCUT2D eigenvalue weighted by atomic mass is 35.5. The Bertz CT molecular complexity index is 625. The topological polar surface area (TPSA) is 41.6 Å². The van der Waals surface area contributed by atoms with Crippen molar-refractivity contribution in [3.8, 4) is 11.8 Å². The quantitative estimate of drug-likeness (QED) is 0.797. The summed E-state index contributed by atoms with van der Waals surface area (Å²) >= 11 is 5.71. The lowest BCUT2D eigenvalue weighted by Gasteiger charge is -2.10. The standard InChI is InChI=1S/C11H5ClF3N3/c12-8-2-1-3-9(4-8)18-10(11(13,14)15)7(5-16)6-17-18/h1-4,6H. The molecule has 7 heteroatoms. The van der Waals surface area contributed by atoms with Crippen LogP contribution in [0.4, 0.5) is 13.2 Å². The van der Waals surface area contributed by atoms with E-state index >= 15 is 0 Å². The van der Waals surface area contributed by atoms with Crippen LogP contribution in [0.15, 0.2) is 30.5 Å². The van der Waals surface area contributed by atoms with Gasteiger partial charge in [0.2, 0.25) is 0 Å². The number of hydrogen-bond acceptors (Lipinski definition) is 2. The molecule has 0 aliphatic carbocycles. The monoisotopic (exact) mass is 271 g/mol. The van der Waals surface area contributed by atoms with Crippen LogP contribution in [0.25, 0.3) is 5.69 Å². The summed E-state index contributed by atoms with van der Waals surface area (Å²) in [4.78, 5) is 0. The Morgan fingerprint density at radius 1 is 1.33 bits per heavy atom. The molecule has 3 nitrogen and oxygen atoms in total. The molecule has 2 aromatic rings. The molecule has 0 saturated carbocycles. The normalized spacial score (nSPS) is 11.3. The van der Waals surface area contributed by atoms with Crippen molar-refractivity contribution in [2.75, 3.05) is 0 Å². The summed E-state index contributed by atoms with van der Waals surface area (Å²) in [6.45, 7) is 0. The summed E-state index contributed by atoms with van der Waals surface area (Å²) in [5, 5.41) is 12.5. The molecule has 0 spiro atoms. The molecule has 18 heavy (non-hydrogen) atoms. The first kappa shape index (κ1) is 12.5. The third-order valence-corrected chi connectivity index (χ3v) is 2.45. The lowest BCUT2D eigenvalue weighted by Crippen LogP contribution is -2.14. The molecule has 0 saturated heterocycles. The van der Waals surface area contributed by atoms with Gasteiger partial charge in [-0.05, 0) is 18.2 Å². The molecule has 0 amide bonds. The van der Waals surface area contributed by atoms with Gasteiger partial charge in [-0.2, -0.15) is 23.5 Å². The fourth-order valence-corrected chi connectivity index (χ4v) is 1.69. The number of halogens is 4. The number of nitrogens with zero attached hydrogens (tertiary/aromatic N) is 3. The maximum Gasteiger partial charge on any atom is 0.434 e. The van der Waals surface area contributed by atoms with Gasteiger partial charge in [-0.15, -0.1) is 0 Å². The first-order chi connectivity index (χ1) is 8.43. The van der Waals surface area contributed by atoms with E-state index in [1.54, 1.807) is 0 Å². The number of hydrogen-bond donors (Lipinski definition) is 0. The van der Waals surface area contributed by atoms with E-state index in [0.29, 0.717) is 4.68 Å². The Hall–Kier alpha value is -2.00. The van der Waals surface area contributed by atoms with Crippen LogP contribution < -0.4 is 0 Å². The predicted octanol–water partition coefficient (Wildman–Crippen LogP) is 3.42. The second-order valence-electron chi connectivity index (χ2n) is 3.41. The molecular weight excluding hydrogens is 267 g/mol. The fraction of sp³-hybridized carbons (Fsp3) is 0.0909. The van der Waals surface area contributed by atoms with Crippen molar-refractivity contribution < 1.29 is 13.2 Å². The summed E-state index contributed by atoms with van der Waals surface area (Å²) in [6, 6.07) is 7.27. The largest absolute Gasteiger partial charge is 0.434 e. The van der Waals surface area contributed by atoms with Crippen LogP contribution in [-0.4, -0.2) is 9.78 Å². The van der Waals surface area contributed by atoms with Crippen molar-refractivity contribution in [3.05, 3.63) is 46.7 Å². The SMILES string of the molecule is N#Cc1cnn(-c2cccc(Cl)c2)c1C(F)(F)F. The van der Waals surface area contributed by atoms with E-state index in [-0.39, 0.29) is 10.7 Å². The molecule has 0 aliphatic rings. The van der Waals surface area contributed by atoms with Crippen LogP contribution in [-0.2, 0) is 6.18 Å². The molecule has 92 valence electrons. The minimum atomic E-state index is -4.66. The highest BCUT2D eigenvalue weighted by Crippen LogP contribution is 2.33. The van der Waals surface area contributed by atoms with Gasteiger partial charge >= 0.3 is 6.18 Å². The van der Waals surface area contributed by atoms with Gasteiger partial charge in [-0.1, -0.05) is 17.7 Å². The molecule has 0 bridgehead atoms. The average Bonchev–Trinajstić information content (AvgIpc) is 2.72. The van der Waals surface area contributed by atoms with Crippen molar-refractivity contribution in [1.29, 1.82) is 5.26 Å². The number of rotatable bonds is 1. The van der Waals surface area contributed by atoms with Crippen LogP contribution >= 0.6 is 11.6 Å². The van der Waals surface area contributed by atoms with E-state index in [2.05, 4.69) is 5.10 Å². The molecule has 1 aromatic heterocycles. The van der Waals surface area contributed by atoms with Crippen molar-refractivity contribution in [1.82, 2.24) is 9.78 Å². The Kier molecular flexibility index (Phi) is 3.01. The molecular formula is C11H5ClF3N3. The zero-order valence-electron chi connectivity index (χ0n) is 8.74. The zero-order valence-corrected chi connectivity index (χ0v) is 9.50. The van der Waals surface area contributed by atoms with Crippen LogP contribution in [0, 0.1) is 11.3 Å². The maximum absolute atomic E-state index is 12.9. The van der Waals surface area contributed by atoms with E-state index in [0.717, 1.165) is 6.20 Å². The summed E-state index contributed by atoms with van der Waals surface area (Å²) < 4.78 is 39.3. The number of alkyl halides is 3. The lowest BCUT2D eigenvalue weighted by molar-refractivity contribution is -0.143. The minimum Gasteiger partial charge on any atom is -0.227 e. The van der Waals surface area contributed by atoms with Gasteiger partial charge in [-0.25, -0.2) is 4.68 Å². The Morgan fingerprint density at radius 3 is 2.61 bits per heavy atom. The molecule has 2 rings (SSSR count). The second kappa shape index (κ2) is 4.35. The highest BCUT2D eigenvalue weighted by molar-refractivity contribution is 6.30. The van der Waals surface area contributed by atoms with E-state index in [9.17, 15) is 13.2 Å². The van der Waals surface area contributed by atoms with Gasteiger partial charge in [0, 0.05) is 5.02 Å². The van der Waals surface area contributed by atoms with E-state index in [4.69, 9.17) is 16.9 Å². The van der Waals surface area contributed by atoms with Crippen molar-refractivity contribution >= 4 is 11.6 Å². The van der Waals surface area contributed by atoms with Crippen LogP contribution in [0.3, 0.4) is 0 Å². The number of nitriles is 1. The zero-order chi connectivity index (χ0) is 13.3. The average molecular weight is 272 g/mol. The van der Waals surface area contributed by atoms with Gasteiger partial charge in [0.05, 0.1) is 11.9 Å². The molecule has 1 aromatic carbocycles. The maximum atomic E-state index is 12.9. The molecule has 1 heterocycles. The third kappa shape index (κ3) is 2.17. The predicted molar refractivity (Wildman–Crippen MR) is 58.3 cm³/mol. The van der Waals surface area contributed by atoms with Crippen molar-refractivity contribution in [2.24, 2.45) is 0 Å². The van der Waals surface area contributed by atoms with E-state index in [1.165, 1.54) is 30.3 Å². The number of benzene rings is 1. The lowest BCUT2D eigenvalue weighted by atomic mass is 10.2. The minimum absolute atomic E-state index is 0.149. The molecule has 0 atom stereocenters. The van der Waals surface area contributed by atoms with Crippen LogP contribution in [0.1, 0.15) is 11.3 Å². The first-order valence-electron chi connectivity index (χ1n) is 4.74. The van der Waals surface area contributed by atoms with Gasteiger partial charge in [-0.3, -0.25) is 0 Å². The summed E-state index contributed by atoms with van der Waals surface area (Å²) in [7, 11) is 0. The smallest absolute Gasteiger partial charge is 0.227 e. The Labute approximate surface area is 105 Å².